The second kappa shape index (κ2) is 6.04. The minimum Gasteiger partial charge on any atom is -0.352 e. The Morgan fingerprint density at radius 2 is 1.05 bits per heavy atom. The Morgan fingerprint density at radius 3 is 1.45 bits per heavy atom. The number of anilines is 4. The van der Waals surface area contributed by atoms with Gasteiger partial charge in [0, 0.05) is 0 Å². The summed E-state index contributed by atoms with van der Waals surface area (Å²) in [5, 5.41) is 7.14. The van der Waals surface area contributed by atoms with Crippen LogP contribution in [0, 0.1) is 11.8 Å². The van der Waals surface area contributed by atoms with Gasteiger partial charge in [-0.05, 0) is 60.1 Å². The fraction of sp³-hybridized carbons (Fsp3) is 0.400. The largest absolute Gasteiger partial charge is 0.352 e. The highest BCUT2D eigenvalue weighted by atomic mass is 15.0. The standard InChI is InChI=1S/C20H26N2/c1-13(2)9-15-5-7-17-19(11-15)22-20-12-16(10-14(3)4)6-8-18(20)21-17/h5-8,11-14,21-22H,9-10H2,1-4H3. The average molecular weight is 294 g/mol. The van der Waals surface area contributed by atoms with Crippen LogP contribution in [0.5, 0.6) is 0 Å². The van der Waals surface area contributed by atoms with Gasteiger partial charge in [0.15, 0.2) is 0 Å². The highest BCUT2D eigenvalue weighted by molar-refractivity contribution is 5.90. The molecule has 1 aliphatic rings. The molecule has 0 saturated heterocycles. The van der Waals surface area contributed by atoms with E-state index >= 15 is 0 Å². The van der Waals surface area contributed by atoms with E-state index in [0.717, 1.165) is 24.2 Å². The first-order chi connectivity index (χ1) is 10.5. The Bertz CT molecular complexity index is 614. The Labute approximate surface area is 134 Å². The lowest BCUT2D eigenvalue weighted by Gasteiger charge is -2.24. The summed E-state index contributed by atoms with van der Waals surface area (Å²) in [6.45, 7) is 9.05. The normalized spacial score (nSPS) is 12.6. The fourth-order valence-corrected chi connectivity index (χ4v) is 3.09. The molecule has 2 heteroatoms. The van der Waals surface area contributed by atoms with E-state index in [1.807, 2.05) is 0 Å². The summed E-state index contributed by atoms with van der Waals surface area (Å²) in [6.07, 6.45) is 2.24. The Hall–Kier alpha value is -1.96. The summed E-state index contributed by atoms with van der Waals surface area (Å²) >= 11 is 0. The summed E-state index contributed by atoms with van der Waals surface area (Å²) in [5.74, 6) is 1.36. The van der Waals surface area contributed by atoms with Crippen LogP contribution in [0.4, 0.5) is 22.7 Å². The van der Waals surface area contributed by atoms with Gasteiger partial charge in [0.1, 0.15) is 0 Å². The van der Waals surface area contributed by atoms with Crippen LogP contribution in [0.1, 0.15) is 38.8 Å². The first-order valence-electron chi connectivity index (χ1n) is 8.31. The molecule has 3 rings (SSSR count). The molecule has 0 aromatic heterocycles. The SMILES string of the molecule is CC(C)Cc1ccc2c(c1)Nc1cc(CC(C)C)ccc1N2. The smallest absolute Gasteiger partial charge is 0.0626 e. The van der Waals surface area contributed by atoms with Crippen LogP contribution in [0.15, 0.2) is 36.4 Å². The van der Waals surface area contributed by atoms with Crippen molar-refractivity contribution in [1.29, 1.82) is 0 Å². The topological polar surface area (TPSA) is 24.1 Å². The highest BCUT2D eigenvalue weighted by Crippen LogP contribution is 2.39. The first-order valence-corrected chi connectivity index (χ1v) is 8.31. The van der Waals surface area contributed by atoms with Gasteiger partial charge in [-0.1, -0.05) is 39.8 Å². The van der Waals surface area contributed by atoms with Gasteiger partial charge in [0.25, 0.3) is 0 Å². The van der Waals surface area contributed by atoms with Crippen molar-refractivity contribution in [3.8, 4) is 0 Å². The van der Waals surface area contributed by atoms with Crippen LogP contribution in [0.3, 0.4) is 0 Å². The van der Waals surface area contributed by atoms with Crippen molar-refractivity contribution in [1.82, 2.24) is 0 Å². The predicted molar refractivity (Wildman–Crippen MR) is 96.5 cm³/mol. The van der Waals surface area contributed by atoms with Gasteiger partial charge in [-0.15, -0.1) is 0 Å². The van der Waals surface area contributed by atoms with E-state index in [2.05, 4.69) is 74.7 Å². The van der Waals surface area contributed by atoms with Crippen LogP contribution in [0.25, 0.3) is 0 Å². The van der Waals surface area contributed by atoms with E-state index in [4.69, 9.17) is 0 Å². The van der Waals surface area contributed by atoms with Crippen molar-refractivity contribution in [3.63, 3.8) is 0 Å². The number of nitrogens with one attached hydrogen (secondary N) is 2. The zero-order chi connectivity index (χ0) is 15.7. The van der Waals surface area contributed by atoms with Crippen molar-refractivity contribution in [3.05, 3.63) is 47.5 Å². The summed E-state index contributed by atoms with van der Waals surface area (Å²) < 4.78 is 0. The maximum Gasteiger partial charge on any atom is 0.0626 e. The molecule has 2 nitrogen and oxygen atoms in total. The van der Waals surface area contributed by atoms with Crippen molar-refractivity contribution < 1.29 is 0 Å². The first kappa shape index (κ1) is 15.0. The van der Waals surface area contributed by atoms with E-state index in [9.17, 15) is 0 Å². The molecular formula is C20H26N2. The van der Waals surface area contributed by atoms with Crippen molar-refractivity contribution in [2.75, 3.05) is 10.6 Å². The van der Waals surface area contributed by atoms with Gasteiger partial charge in [-0.25, -0.2) is 0 Å². The molecule has 0 radical (unpaired) electrons. The summed E-state index contributed by atoms with van der Waals surface area (Å²) in [7, 11) is 0. The average Bonchev–Trinajstić information content (AvgIpc) is 2.43. The Balaban J connectivity index is 1.86. The van der Waals surface area contributed by atoms with Crippen LogP contribution >= 0.6 is 0 Å². The number of rotatable bonds is 4. The van der Waals surface area contributed by atoms with Crippen molar-refractivity contribution in [2.24, 2.45) is 11.8 Å². The van der Waals surface area contributed by atoms with E-state index in [0.29, 0.717) is 11.8 Å². The Morgan fingerprint density at radius 1 is 0.636 bits per heavy atom. The van der Waals surface area contributed by atoms with Crippen molar-refractivity contribution >= 4 is 22.7 Å². The number of benzene rings is 2. The molecule has 2 aromatic carbocycles. The second-order valence-corrected chi connectivity index (χ2v) is 7.21. The molecule has 0 saturated carbocycles. The van der Waals surface area contributed by atoms with Crippen LogP contribution in [-0.2, 0) is 12.8 Å². The molecule has 22 heavy (non-hydrogen) atoms. The zero-order valence-corrected chi connectivity index (χ0v) is 14.0. The zero-order valence-electron chi connectivity index (χ0n) is 14.0. The van der Waals surface area contributed by atoms with Gasteiger partial charge < -0.3 is 10.6 Å². The molecule has 0 spiro atoms. The van der Waals surface area contributed by atoms with E-state index < -0.39 is 0 Å². The maximum absolute atomic E-state index is 3.61. The van der Waals surface area contributed by atoms with Gasteiger partial charge in [0.05, 0.1) is 22.7 Å². The summed E-state index contributed by atoms with van der Waals surface area (Å²) in [4.78, 5) is 0. The summed E-state index contributed by atoms with van der Waals surface area (Å²) in [5.41, 5.74) is 7.49. The molecule has 1 heterocycles. The van der Waals surface area contributed by atoms with E-state index in [1.54, 1.807) is 0 Å². The van der Waals surface area contributed by atoms with Gasteiger partial charge in [-0.3, -0.25) is 0 Å². The lowest BCUT2D eigenvalue weighted by molar-refractivity contribution is 0.647. The lowest BCUT2D eigenvalue weighted by atomic mass is 9.99. The molecule has 0 bridgehead atoms. The number of fused-ring (bicyclic) bond motifs is 2. The summed E-state index contributed by atoms with van der Waals surface area (Å²) in [6, 6.07) is 13.4. The lowest BCUT2D eigenvalue weighted by Crippen LogP contribution is -2.08. The highest BCUT2D eigenvalue weighted by Gasteiger charge is 2.15. The third-order valence-electron chi connectivity index (χ3n) is 3.99. The van der Waals surface area contributed by atoms with Gasteiger partial charge in [0.2, 0.25) is 0 Å². The molecular weight excluding hydrogens is 268 g/mol. The maximum atomic E-state index is 3.61. The fourth-order valence-electron chi connectivity index (χ4n) is 3.09. The van der Waals surface area contributed by atoms with Gasteiger partial charge in [-0.2, -0.15) is 0 Å². The monoisotopic (exact) mass is 294 g/mol. The molecule has 0 atom stereocenters. The van der Waals surface area contributed by atoms with E-state index in [1.165, 1.54) is 22.5 Å². The molecule has 2 aromatic rings. The molecule has 116 valence electrons. The van der Waals surface area contributed by atoms with Crippen LogP contribution < -0.4 is 10.6 Å². The molecule has 0 amide bonds. The third-order valence-corrected chi connectivity index (χ3v) is 3.99. The molecule has 2 N–H and O–H groups in total. The number of hydrogen-bond donors (Lipinski definition) is 2. The quantitative estimate of drug-likeness (QED) is 0.627. The number of hydrogen-bond acceptors (Lipinski definition) is 2. The van der Waals surface area contributed by atoms with E-state index in [-0.39, 0.29) is 0 Å². The minimum atomic E-state index is 0.680. The van der Waals surface area contributed by atoms with Crippen LogP contribution in [-0.4, -0.2) is 0 Å². The van der Waals surface area contributed by atoms with Crippen LogP contribution in [0.2, 0.25) is 0 Å². The minimum absolute atomic E-state index is 0.680. The molecule has 0 aliphatic carbocycles. The third kappa shape index (κ3) is 3.27. The predicted octanol–water partition coefficient (Wildman–Crippen LogP) is 5.88. The molecule has 1 aliphatic heterocycles. The molecule has 0 unspecified atom stereocenters. The molecule has 0 fully saturated rings. The van der Waals surface area contributed by atoms with Gasteiger partial charge >= 0.3 is 0 Å². The second-order valence-electron chi connectivity index (χ2n) is 7.21. The van der Waals surface area contributed by atoms with Crippen molar-refractivity contribution in [2.45, 2.75) is 40.5 Å². The Kier molecular flexibility index (Phi) is 4.10.